The number of halogens is 3. The minimum Gasteiger partial charge on any atom is -0.479 e. The molecule has 0 amide bonds. The molecule has 2 aromatic rings. The first-order valence-corrected chi connectivity index (χ1v) is 6.09. The molecule has 0 aromatic heterocycles. The van der Waals surface area contributed by atoms with E-state index in [1.54, 1.807) is 30.3 Å². The Bertz CT molecular complexity index is 609. The number of benzene rings is 2. The van der Waals surface area contributed by atoms with Crippen LogP contribution in [0.4, 0.5) is 18.9 Å². The molecule has 110 valence electrons. The van der Waals surface area contributed by atoms with Gasteiger partial charge in [-0.1, -0.05) is 30.3 Å². The molecule has 1 unspecified atom stereocenters. The van der Waals surface area contributed by atoms with E-state index in [1.165, 1.54) is 12.1 Å². The van der Waals surface area contributed by atoms with Crippen molar-refractivity contribution in [3.63, 3.8) is 0 Å². The lowest BCUT2D eigenvalue weighted by Crippen LogP contribution is -2.20. The lowest BCUT2D eigenvalue weighted by molar-refractivity contribution is -0.138. The van der Waals surface area contributed by atoms with Crippen molar-refractivity contribution in [1.82, 2.24) is 0 Å². The van der Waals surface area contributed by atoms with Gasteiger partial charge in [0.25, 0.3) is 0 Å². The van der Waals surface area contributed by atoms with Crippen LogP contribution in [0.25, 0.3) is 0 Å². The normalized spacial score (nSPS) is 12.7. The highest BCUT2D eigenvalue weighted by molar-refractivity contribution is 5.79. The monoisotopic (exact) mass is 295 g/mol. The van der Waals surface area contributed by atoms with E-state index in [9.17, 15) is 23.1 Å². The van der Waals surface area contributed by atoms with E-state index in [4.69, 9.17) is 0 Å². The van der Waals surface area contributed by atoms with E-state index in [0.29, 0.717) is 11.3 Å². The second-order valence-electron chi connectivity index (χ2n) is 4.40. The van der Waals surface area contributed by atoms with Crippen LogP contribution in [-0.2, 0) is 11.0 Å². The van der Waals surface area contributed by atoms with Crippen molar-refractivity contribution >= 4 is 11.7 Å². The van der Waals surface area contributed by atoms with E-state index >= 15 is 0 Å². The van der Waals surface area contributed by atoms with Crippen molar-refractivity contribution in [3.05, 3.63) is 65.7 Å². The highest BCUT2D eigenvalue weighted by Crippen LogP contribution is 2.30. The second-order valence-corrected chi connectivity index (χ2v) is 4.40. The summed E-state index contributed by atoms with van der Waals surface area (Å²) in [6.45, 7) is 0. The number of anilines is 1. The molecule has 0 spiro atoms. The first-order valence-electron chi connectivity index (χ1n) is 6.09. The Morgan fingerprint density at radius 3 is 2.05 bits per heavy atom. The van der Waals surface area contributed by atoms with Gasteiger partial charge in [-0.15, -0.1) is 0 Å². The molecule has 0 saturated heterocycles. The molecule has 0 radical (unpaired) electrons. The fraction of sp³-hybridized carbons (Fsp3) is 0.133. The summed E-state index contributed by atoms with van der Waals surface area (Å²) in [6.07, 6.45) is -4.41. The number of carboxylic acids is 1. The second kappa shape index (κ2) is 5.87. The van der Waals surface area contributed by atoms with Crippen LogP contribution in [0.2, 0.25) is 0 Å². The van der Waals surface area contributed by atoms with Gasteiger partial charge in [-0.25, -0.2) is 4.79 Å². The van der Waals surface area contributed by atoms with Gasteiger partial charge in [0, 0.05) is 5.69 Å². The van der Waals surface area contributed by atoms with Gasteiger partial charge in [-0.05, 0) is 29.8 Å². The average molecular weight is 295 g/mol. The van der Waals surface area contributed by atoms with Crippen molar-refractivity contribution in [1.29, 1.82) is 0 Å². The van der Waals surface area contributed by atoms with E-state index in [1.807, 2.05) is 0 Å². The first-order chi connectivity index (χ1) is 9.88. The van der Waals surface area contributed by atoms with E-state index < -0.39 is 23.8 Å². The Morgan fingerprint density at radius 2 is 1.57 bits per heavy atom. The van der Waals surface area contributed by atoms with Gasteiger partial charge in [-0.2, -0.15) is 13.2 Å². The Labute approximate surface area is 119 Å². The fourth-order valence-electron chi connectivity index (χ4n) is 1.86. The first kappa shape index (κ1) is 14.9. The van der Waals surface area contributed by atoms with Gasteiger partial charge in [-0.3, -0.25) is 0 Å². The molecule has 2 rings (SSSR count). The summed E-state index contributed by atoms with van der Waals surface area (Å²) in [5.41, 5.74) is 0.0452. The largest absolute Gasteiger partial charge is 0.479 e. The van der Waals surface area contributed by atoms with Gasteiger partial charge in [0.2, 0.25) is 0 Å². The molecule has 2 aromatic carbocycles. The maximum Gasteiger partial charge on any atom is 0.416 e. The van der Waals surface area contributed by atoms with Crippen LogP contribution in [0.15, 0.2) is 54.6 Å². The van der Waals surface area contributed by atoms with Crippen molar-refractivity contribution in [2.75, 3.05) is 5.32 Å². The zero-order valence-electron chi connectivity index (χ0n) is 10.8. The van der Waals surface area contributed by atoms with Crippen LogP contribution in [0.1, 0.15) is 17.2 Å². The number of alkyl halides is 3. The van der Waals surface area contributed by atoms with Crippen molar-refractivity contribution in [2.45, 2.75) is 12.2 Å². The molecule has 3 nitrogen and oxygen atoms in total. The third-order valence-corrected chi connectivity index (χ3v) is 2.90. The van der Waals surface area contributed by atoms with Crippen LogP contribution < -0.4 is 5.32 Å². The number of aliphatic carboxylic acids is 1. The van der Waals surface area contributed by atoms with Gasteiger partial charge in [0.15, 0.2) is 6.04 Å². The van der Waals surface area contributed by atoms with Crippen LogP contribution >= 0.6 is 0 Å². The minimum absolute atomic E-state index is 0.305. The lowest BCUT2D eigenvalue weighted by atomic mass is 10.1. The van der Waals surface area contributed by atoms with Gasteiger partial charge in [0.05, 0.1) is 5.56 Å². The Kier molecular flexibility index (Phi) is 4.16. The average Bonchev–Trinajstić information content (AvgIpc) is 2.45. The molecule has 6 heteroatoms. The third kappa shape index (κ3) is 3.75. The standard InChI is InChI=1S/C15H12F3NO2/c16-15(17,18)11-6-8-12(9-7-11)19-13(14(20)21)10-4-2-1-3-5-10/h1-9,13,19H,(H,20,21). The zero-order valence-corrected chi connectivity index (χ0v) is 10.8. The lowest BCUT2D eigenvalue weighted by Gasteiger charge is -2.16. The summed E-state index contributed by atoms with van der Waals surface area (Å²) in [6, 6.07) is 11.6. The number of carboxylic acid groups (broad SMARTS) is 1. The van der Waals surface area contributed by atoms with Crippen molar-refractivity contribution < 1.29 is 23.1 Å². The van der Waals surface area contributed by atoms with Crippen molar-refractivity contribution in [3.8, 4) is 0 Å². The number of carbonyl (C=O) groups is 1. The predicted octanol–water partition coefficient (Wildman–Crippen LogP) is 3.94. The zero-order chi connectivity index (χ0) is 15.5. The summed E-state index contributed by atoms with van der Waals surface area (Å²) >= 11 is 0. The molecule has 0 fully saturated rings. The Hall–Kier alpha value is -2.50. The molecule has 0 saturated carbocycles. The highest BCUT2D eigenvalue weighted by Gasteiger charge is 2.30. The number of rotatable bonds is 4. The topological polar surface area (TPSA) is 49.3 Å². The molecular formula is C15H12F3NO2. The van der Waals surface area contributed by atoms with Crippen LogP contribution in [0.5, 0.6) is 0 Å². The Morgan fingerprint density at radius 1 is 1.00 bits per heavy atom. The van der Waals surface area contributed by atoms with Gasteiger partial charge in [0.1, 0.15) is 0 Å². The van der Waals surface area contributed by atoms with E-state index in [-0.39, 0.29) is 0 Å². The highest BCUT2D eigenvalue weighted by atomic mass is 19.4. The minimum atomic E-state index is -4.41. The maximum atomic E-state index is 12.5. The molecule has 0 heterocycles. The summed E-state index contributed by atoms with van der Waals surface area (Å²) in [5.74, 6) is -1.11. The summed E-state index contributed by atoms with van der Waals surface area (Å²) in [4.78, 5) is 11.3. The van der Waals surface area contributed by atoms with Crippen LogP contribution in [-0.4, -0.2) is 11.1 Å². The van der Waals surface area contributed by atoms with Crippen LogP contribution in [0.3, 0.4) is 0 Å². The number of hydrogen-bond donors (Lipinski definition) is 2. The van der Waals surface area contributed by atoms with Gasteiger partial charge >= 0.3 is 12.1 Å². The molecule has 0 aliphatic rings. The molecule has 21 heavy (non-hydrogen) atoms. The number of nitrogens with one attached hydrogen (secondary N) is 1. The predicted molar refractivity (Wildman–Crippen MR) is 71.9 cm³/mol. The molecule has 0 aliphatic carbocycles. The summed E-state index contributed by atoms with van der Waals surface area (Å²) in [7, 11) is 0. The fourth-order valence-corrected chi connectivity index (χ4v) is 1.86. The summed E-state index contributed by atoms with van der Waals surface area (Å²) in [5, 5.41) is 11.9. The summed E-state index contributed by atoms with van der Waals surface area (Å²) < 4.78 is 37.4. The molecular weight excluding hydrogens is 283 g/mol. The molecule has 1 atom stereocenters. The smallest absolute Gasteiger partial charge is 0.416 e. The maximum absolute atomic E-state index is 12.5. The quantitative estimate of drug-likeness (QED) is 0.898. The van der Waals surface area contributed by atoms with Gasteiger partial charge < -0.3 is 10.4 Å². The number of hydrogen-bond acceptors (Lipinski definition) is 2. The Balaban J connectivity index is 2.20. The van der Waals surface area contributed by atoms with Crippen molar-refractivity contribution in [2.24, 2.45) is 0 Å². The van der Waals surface area contributed by atoms with E-state index in [0.717, 1.165) is 12.1 Å². The SMILES string of the molecule is O=C(O)C(Nc1ccc(C(F)(F)F)cc1)c1ccccc1. The third-order valence-electron chi connectivity index (χ3n) is 2.90. The van der Waals surface area contributed by atoms with E-state index in [2.05, 4.69) is 5.32 Å². The molecule has 0 bridgehead atoms. The molecule has 0 aliphatic heterocycles. The van der Waals surface area contributed by atoms with Crippen LogP contribution in [0, 0.1) is 0 Å². The molecule has 2 N–H and O–H groups in total.